The van der Waals surface area contributed by atoms with Gasteiger partial charge in [0.2, 0.25) is 0 Å². The zero-order valence-corrected chi connectivity index (χ0v) is 10.6. The van der Waals surface area contributed by atoms with Crippen molar-refractivity contribution >= 4 is 17.6 Å². The number of hydrogen-bond acceptors (Lipinski definition) is 3. The van der Waals surface area contributed by atoms with E-state index in [1.54, 1.807) is 22.5 Å². The summed E-state index contributed by atoms with van der Waals surface area (Å²) in [4.78, 5) is 0. The minimum Gasteiger partial charge on any atom is -0.384 e. The molecule has 0 bridgehead atoms. The highest BCUT2D eigenvalue weighted by Gasteiger charge is 2.09. The van der Waals surface area contributed by atoms with Crippen LogP contribution in [0.25, 0.3) is 5.69 Å². The number of halogens is 1. The van der Waals surface area contributed by atoms with E-state index in [-0.39, 0.29) is 5.82 Å². The van der Waals surface area contributed by atoms with Crippen LogP contribution < -0.4 is 5.73 Å². The Morgan fingerprint density at radius 2 is 2.18 bits per heavy atom. The average Bonchev–Trinajstić information content (AvgIpc) is 2.60. The van der Waals surface area contributed by atoms with E-state index >= 15 is 0 Å². The third kappa shape index (κ3) is 2.44. The average molecular weight is 251 g/mol. The molecule has 17 heavy (non-hydrogen) atoms. The van der Waals surface area contributed by atoms with Gasteiger partial charge in [-0.15, -0.1) is 11.8 Å². The maximum Gasteiger partial charge on any atom is 0.128 e. The largest absolute Gasteiger partial charge is 0.384 e. The molecule has 0 amide bonds. The highest BCUT2D eigenvalue weighted by atomic mass is 32.2. The predicted octanol–water partition coefficient (Wildman–Crippen LogP) is 3.01. The van der Waals surface area contributed by atoms with Crippen LogP contribution in [-0.4, -0.2) is 15.5 Å². The van der Waals surface area contributed by atoms with Gasteiger partial charge in [-0.3, -0.25) is 0 Å². The number of benzene rings is 1. The van der Waals surface area contributed by atoms with Crippen LogP contribution in [0.1, 0.15) is 12.5 Å². The lowest BCUT2D eigenvalue weighted by molar-refractivity contribution is 0.625. The maximum atomic E-state index is 13.0. The van der Waals surface area contributed by atoms with Crippen LogP contribution >= 0.6 is 11.8 Å². The molecule has 0 radical (unpaired) electrons. The molecule has 3 nitrogen and oxygen atoms in total. The molecule has 5 heteroatoms. The molecular formula is C12H14FN3S. The van der Waals surface area contributed by atoms with Gasteiger partial charge in [0.15, 0.2) is 0 Å². The quantitative estimate of drug-likeness (QED) is 0.853. The van der Waals surface area contributed by atoms with Crippen molar-refractivity contribution in [2.75, 3.05) is 11.5 Å². The molecule has 1 aromatic heterocycles. The summed E-state index contributed by atoms with van der Waals surface area (Å²) < 4.78 is 14.7. The second kappa shape index (κ2) is 4.79. The van der Waals surface area contributed by atoms with Crippen LogP contribution in [0.15, 0.2) is 29.3 Å². The van der Waals surface area contributed by atoms with Crippen LogP contribution in [0, 0.1) is 12.7 Å². The van der Waals surface area contributed by atoms with E-state index in [9.17, 15) is 4.39 Å². The topological polar surface area (TPSA) is 43.8 Å². The standard InChI is InChI=1S/C12H14FN3S/c1-3-17-12-7-11(14)16(15-12)10-5-4-9(13)6-8(10)2/h4-7H,3,14H2,1-2H3. The van der Waals surface area contributed by atoms with Gasteiger partial charge >= 0.3 is 0 Å². The first-order valence-electron chi connectivity index (χ1n) is 5.36. The number of rotatable bonds is 3. The van der Waals surface area contributed by atoms with Crippen LogP contribution in [0.3, 0.4) is 0 Å². The van der Waals surface area contributed by atoms with Crippen molar-refractivity contribution < 1.29 is 4.39 Å². The Kier molecular flexibility index (Phi) is 3.38. The maximum absolute atomic E-state index is 13.0. The summed E-state index contributed by atoms with van der Waals surface area (Å²) >= 11 is 1.63. The summed E-state index contributed by atoms with van der Waals surface area (Å²) in [6.07, 6.45) is 0. The summed E-state index contributed by atoms with van der Waals surface area (Å²) in [6, 6.07) is 6.41. The molecule has 0 aliphatic heterocycles. The van der Waals surface area contributed by atoms with E-state index in [0.29, 0.717) is 5.82 Å². The highest BCUT2D eigenvalue weighted by molar-refractivity contribution is 7.99. The molecule has 1 aromatic carbocycles. The number of nitrogens with two attached hydrogens (primary N) is 1. The Balaban J connectivity index is 2.45. The molecule has 2 rings (SSSR count). The Morgan fingerprint density at radius 3 is 2.82 bits per heavy atom. The summed E-state index contributed by atoms with van der Waals surface area (Å²) in [7, 11) is 0. The Bertz CT molecular complexity index is 537. The Morgan fingerprint density at radius 1 is 1.41 bits per heavy atom. The molecule has 2 aromatic rings. The van der Waals surface area contributed by atoms with Crippen LogP contribution in [0.5, 0.6) is 0 Å². The number of aryl methyl sites for hydroxylation is 1. The van der Waals surface area contributed by atoms with E-state index in [2.05, 4.69) is 12.0 Å². The fourth-order valence-corrected chi connectivity index (χ4v) is 2.28. The van der Waals surface area contributed by atoms with Crippen LogP contribution in [0.4, 0.5) is 10.2 Å². The van der Waals surface area contributed by atoms with Gasteiger partial charge in [0.1, 0.15) is 16.7 Å². The smallest absolute Gasteiger partial charge is 0.128 e. The van der Waals surface area contributed by atoms with Crippen molar-refractivity contribution in [2.45, 2.75) is 18.9 Å². The molecule has 0 aliphatic carbocycles. The Labute approximate surface area is 104 Å². The zero-order chi connectivity index (χ0) is 12.4. The molecule has 0 saturated heterocycles. The van der Waals surface area contributed by atoms with Crippen molar-refractivity contribution in [1.29, 1.82) is 0 Å². The van der Waals surface area contributed by atoms with Gasteiger partial charge in [0.25, 0.3) is 0 Å². The first-order valence-corrected chi connectivity index (χ1v) is 6.35. The summed E-state index contributed by atoms with van der Waals surface area (Å²) in [5, 5.41) is 5.28. The van der Waals surface area contributed by atoms with E-state index < -0.39 is 0 Å². The fourth-order valence-electron chi connectivity index (χ4n) is 1.64. The lowest BCUT2D eigenvalue weighted by Gasteiger charge is -2.07. The van der Waals surface area contributed by atoms with Crippen molar-refractivity contribution in [3.63, 3.8) is 0 Å². The lowest BCUT2D eigenvalue weighted by atomic mass is 10.2. The molecule has 0 fully saturated rings. The second-order valence-corrected chi connectivity index (χ2v) is 4.97. The molecule has 0 saturated carbocycles. The lowest BCUT2D eigenvalue weighted by Crippen LogP contribution is -2.03. The summed E-state index contributed by atoms with van der Waals surface area (Å²) in [5.74, 6) is 1.26. The number of thioether (sulfide) groups is 1. The van der Waals surface area contributed by atoms with Crippen LogP contribution in [-0.2, 0) is 0 Å². The predicted molar refractivity (Wildman–Crippen MR) is 69.1 cm³/mol. The van der Waals surface area contributed by atoms with Gasteiger partial charge in [-0.25, -0.2) is 9.07 Å². The molecular weight excluding hydrogens is 237 g/mol. The SMILES string of the molecule is CCSc1cc(N)n(-c2ccc(F)cc2C)n1. The minimum atomic E-state index is -0.250. The molecule has 0 spiro atoms. The molecule has 1 heterocycles. The van der Waals surface area contributed by atoms with Crippen molar-refractivity contribution in [3.05, 3.63) is 35.6 Å². The van der Waals surface area contributed by atoms with Crippen molar-refractivity contribution in [2.24, 2.45) is 0 Å². The number of aromatic nitrogens is 2. The van der Waals surface area contributed by atoms with Gasteiger partial charge in [0.05, 0.1) is 5.69 Å². The fraction of sp³-hybridized carbons (Fsp3) is 0.250. The molecule has 0 unspecified atom stereocenters. The molecule has 90 valence electrons. The zero-order valence-electron chi connectivity index (χ0n) is 9.77. The third-order valence-corrected chi connectivity index (χ3v) is 3.18. The van der Waals surface area contributed by atoms with Crippen molar-refractivity contribution in [3.8, 4) is 5.69 Å². The number of anilines is 1. The highest BCUT2D eigenvalue weighted by Crippen LogP contribution is 2.23. The van der Waals surface area contributed by atoms with Gasteiger partial charge in [-0.1, -0.05) is 6.92 Å². The molecule has 2 N–H and O–H groups in total. The van der Waals surface area contributed by atoms with Crippen LogP contribution in [0.2, 0.25) is 0 Å². The molecule has 0 aliphatic rings. The number of nitrogen functional groups attached to an aromatic ring is 1. The molecule has 0 atom stereocenters. The van der Waals surface area contributed by atoms with E-state index in [0.717, 1.165) is 22.0 Å². The van der Waals surface area contributed by atoms with Gasteiger partial charge < -0.3 is 5.73 Å². The van der Waals surface area contributed by atoms with Gasteiger partial charge in [0, 0.05) is 6.07 Å². The monoisotopic (exact) mass is 251 g/mol. The second-order valence-electron chi connectivity index (χ2n) is 3.68. The minimum absolute atomic E-state index is 0.250. The summed E-state index contributed by atoms with van der Waals surface area (Å²) in [5.41, 5.74) is 7.53. The van der Waals surface area contributed by atoms with Crippen molar-refractivity contribution in [1.82, 2.24) is 9.78 Å². The first-order chi connectivity index (χ1) is 8.11. The van der Waals surface area contributed by atoms with E-state index in [1.807, 2.05) is 13.0 Å². The van der Waals surface area contributed by atoms with E-state index in [4.69, 9.17) is 5.73 Å². The Hall–Kier alpha value is -1.49. The van der Waals surface area contributed by atoms with E-state index in [1.165, 1.54) is 12.1 Å². The van der Waals surface area contributed by atoms with Gasteiger partial charge in [-0.2, -0.15) is 5.10 Å². The normalized spacial score (nSPS) is 10.8. The third-order valence-electron chi connectivity index (χ3n) is 2.39. The first kappa shape index (κ1) is 12.0. The summed E-state index contributed by atoms with van der Waals surface area (Å²) in [6.45, 7) is 3.90. The number of nitrogens with zero attached hydrogens (tertiary/aromatic N) is 2. The van der Waals surface area contributed by atoms with Gasteiger partial charge in [-0.05, 0) is 36.4 Å². The number of hydrogen-bond donors (Lipinski definition) is 1.